The number of aliphatic hydroxyl groups is 2. The lowest BCUT2D eigenvalue weighted by Gasteiger charge is -2.42. The van der Waals surface area contributed by atoms with Crippen molar-refractivity contribution in [1.82, 2.24) is 9.80 Å². The van der Waals surface area contributed by atoms with Crippen LogP contribution in [0.5, 0.6) is 0 Å². The minimum atomic E-state index is -1.38. The van der Waals surface area contributed by atoms with Crippen molar-refractivity contribution < 1.29 is 15.0 Å². The number of hydrogen-bond acceptors (Lipinski definition) is 5. The van der Waals surface area contributed by atoms with Crippen molar-refractivity contribution >= 4 is 23.3 Å². The number of carbonyl (C=O) groups excluding carboxylic acids is 1. The quantitative estimate of drug-likeness (QED) is 0.833. The molecule has 0 radical (unpaired) electrons. The molecule has 6 nitrogen and oxygen atoms in total. The van der Waals surface area contributed by atoms with Crippen LogP contribution in [0, 0.1) is 0 Å². The Bertz CT molecular complexity index is 812. The summed E-state index contributed by atoms with van der Waals surface area (Å²) in [5, 5.41) is 21.2. The molecule has 2 aliphatic heterocycles. The maximum Gasteiger partial charge on any atom is 0.274 e. The summed E-state index contributed by atoms with van der Waals surface area (Å²) in [6.45, 7) is 1.11. The monoisotopic (exact) mass is 389 g/mol. The first-order chi connectivity index (χ1) is 12.9. The molecule has 2 heterocycles. The highest BCUT2D eigenvalue weighted by atomic mass is 35.5. The van der Waals surface area contributed by atoms with E-state index in [-0.39, 0.29) is 22.8 Å². The highest BCUT2D eigenvalue weighted by molar-refractivity contribution is 6.30. The molecule has 0 bridgehead atoms. The van der Waals surface area contributed by atoms with Crippen molar-refractivity contribution in [2.24, 2.45) is 4.99 Å². The highest BCUT2D eigenvalue weighted by Crippen LogP contribution is 2.45. The molecule has 2 fully saturated rings. The first-order valence-corrected chi connectivity index (χ1v) is 9.76. The van der Waals surface area contributed by atoms with E-state index in [1.54, 1.807) is 16.8 Å². The molecule has 2 N–H and O–H groups in total. The molecular formula is C20H24ClN3O3. The summed E-state index contributed by atoms with van der Waals surface area (Å²) in [6, 6.07) is 7.95. The molecule has 1 aliphatic carbocycles. The van der Waals surface area contributed by atoms with Crippen LogP contribution in [0.25, 0.3) is 0 Å². The van der Waals surface area contributed by atoms with Gasteiger partial charge in [-0.15, -0.1) is 0 Å². The van der Waals surface area contributed by atoms with Crippen LogP contribution in [0.2, 0.25) is 5.02 Å². The van der Waals surface area contributed by atoms with Gasteiger partial charge in [-0.2, -0.15) is 0 Å². The first kappa shape index (κ1) is 18.3. The van der Waals surface area contributed by atoms with E-state index in [0.29, 0.717) is 30.4 Å². The van der Waals surface area contributed by atoms with Crippen LogP contribution in [0.4, 0.5) is 0 Å². The second kappa shape index (κ2) is 6.84. The van der Waals surface area contributed by atoms with E-state index in [2.05, 4.69) is 17.1 Å². The molecule has 1 saturated heterocycles. The molecule has 0 aromatic heterocycles. The molecule has 1 aromatic carbocycles. The van der Waals surface area contributed by atoms with Gasteiger partial charge in [0.1, 0.15) is 5.84 Å². The zero-order valence-electron chi connectivity index (χ0n) is 15.4. The molecule has 1 atom stereocenters. The van der Waals surface area contributed by atoms with Crippen molar-refractivity contribution in [1.29, 1.82) is 0 Å². The second-order valence-electron chi connectivity index (χ2n) is 7.70. The Balaban J connectivity index is 1.69. The highest BCUT2D eigenvalue weighted by Gasteiger charge is 2.43. The Hall–Kier alpha value is -2.05. The van der Waals surface area contributed by atoms with E-state index >= 15 is 0 Å². The van der Waals surface area contributed by atoms with Gasteiger partial charge >= 0.3 is 0 Å². The van der Waals surface area contributed by atoms with Crippen LogP contribution >= 0.6 is 11.6 Å². The van der Waals surface area contributed by atoms with Crippen molar-refractivity contribution in [2.45, 2.75) is 43.7 Å². The topological polar surface area (TPSA) is 76.4 Å². The summed E-state index contributed by atoms with van der Waals surface area (Å²) in [4.78, 5) is 20.3. The molecule has 1 unspecified atom stereocenters. The lowest BCUT2D eigenvalue weighted by Crippen LogP contribution is -2.53. The molecule has 7 heteroatoms. The van der Waals surface area contributed by atoms with E-state index in [9.17, 15) is 15.0 Å². The number of aliphatic imine (C=N–C) groups is 1. The normalized spacial score (nSPS) is 24.9. The molecule has 1 saturated carbocycles. The number of halogens is 1. The molecule has 3 aliphatic rings. The lowest BCUT2D eigenvalue weighted by molar-refractivity contribution is -0.129. The van der Waals surface area contributed by atoms with E-state index in [0.717, 1.165) is 25.7 Å². The van der Waals surface area contributed by atoms with Gasteiger partial charge in [-0.25, -0.2) is 4.99 Å². The van der Waals surface area contributed by atoms with E-state index in [1.165, 1.54) is 5.56 Å². The summed E-state index contributed by atoms with van der Waals surface area (Å²) < 4.78 is 0. The van der Waals surface area contributed by atoms with Gasteiger partial charge in [0.05, 0.1) is 0 Å². The van der Waals surface area contributed by atoms with E-state index < -0.39 is 6.23 Å². The fraction of sp³-hybridized carbons (Fsp3) is 0.500. The Kier molecular flexibility index (Phi) is 4.64. The van der Waals surface area contributed by atoms with Crippen molar-refractivity contribution in [3.63, 3.8) is 0 Å². The Morgan fingerprint density at radius 2 is 1.89 bits per heavy atom. The maximum absolute atomic E-state index is 12.6. The fourth-order valence-electron chi connectivity index (χ4n) is 4.53. The van der Waals surface area contributed by atoms with Gasteiger partial charge in [-0.1, -0.05) is 36.6 Å². The van der Waals surface area contributed by atoms with E-state index in [1.807, 2.05) is 12.1 Å². The number of carbonyl (C=O) groups is 1. The first-order valence-electron chi connectivity index (χ1n) is 9.38. The van der Waals surface area contributed by atoms with Gasteiger partial charge in [0, 0.05) is 37.0 Å². The molecular weight excluding hydrogens is 366 g/mol. The van der Waals surface area contributed by atoms with Crippen molar-refractivity contribution in [3.05, 3.63) is 46.3 Å². The molecule has 144 valence electrons. The summed E-state index contributed by atoms with van der Waals surface area (Å²) >= 11 is 6.07. The zero-order valence-corrected chi connectivity index (χ0v) is 16.1. The number of likely N-dealkylation sites (N-methyl/N-ethyl adjacent to an activating group) is 1. The lowest BCUT2D eigenvalue weighted by atomic mass is 9.75. The summed E-state index contributed by atoms with van der Waals surface area (Å²) in [6.07, 6.45) is 3.56. The predicted octanol–water partition coefficient (Wildman–Crippen LogP) is 2.82. The van der Waals surface area contributed by atoms with Crippen LogP contribution in [0.15, 0.2) is 40.7 Å². The number of amides is 1. The average Bonchev–Trinajstić information content (AvgIpc) is 3.12. The third-order valence-corrected chi connectivity index (χ3v) is 6.31. The van der Waals surface area contributed by atoms with Crippen LogP contribution in [0.1, 0.15) is 37.7 Å². The number of aliphatic hydroxyl groups excluding tert-OH is 2. The van der Waals surface area contributed by atoms with Crippen LogP contribution in [-0.4, -0.2) is 58.1 Å². The van der Waals surface area contributed by atoms with Crippen LogP contribution in [-0.2, 0) is 10.2 Å². The smallest absolute Gasteiger partial charge is 0.274 e. The van der Waals surface area contributed by atoms with Gasteiger partial charge in [-0.3, -0.25) is 4.79 Å². The number of rotatable bonds is 3. The molecule has 1 aromatic rings. The Morgan fingerprint density at radius 3 is 2.56 bits per heavy atom. The van der Waals surface area contributed by atoms with Gasteiger partial charge in [0.15, 0.2) is 11.5 Å². The Morgan fingerprint density at radius 1 is 1.22 bits per heavy atom. The largest absolute Gasteiger partial charge is 0.506 e. The van der Waals surface area contributed by atoms with Gasteiger partial charge in [-0.05, 0) is 30.5 Å². The predicted molar refractivity (Wildman–Crippen MR) is 104 cm³/mol. The summed E-state index contributed by atoms with van der Waals surface area (Å²) in [5.74, 6) is 0.0352. The molecule has 0 spiro atoms. The van der Waals surface area contributed by atoms with Crippen LogP contribution in [0.3, 0.4) is 0 Å². The minimum absolute atomic E-state index is 0.0897. The van der Waals surface area contributed by atoms with Gasteiger partial charge in [0.2, 0.25) is 6.23 Å². The van der Waals surface area contributed by atoms with Crippen molar-refractivity contribution in [2.75, 3.05) is 20.1 Å². The molecule has 1 amide bonds. The number of hydrogen-bond donors (Lipinski definition) is 2. The Labute approximate surface area is 163 Å². The zero-order chi connectivity index (χ0) is 19.2. The number of nitrogens with zero attached hydrogens (tertiary/aromatic N) is 3. The van der Waals surface area contributed by atoms with E-state index in [4.69, 9.17) is 11.6 Å². The van der Waals surface area contributed by atoms with Crippen molar-refractivity contribution in [3.8, 4) is 0 Å². The number of amidine groups is 1. The molecule has 27 heavy (non-hydrogen) atoms. The second-order valence-corrected chi connectivity index (χ2v) is 8.14. The number of piperazine rings is 1. The third kappa shape index (κ3) is 3.11. The van der Waals surface area contributed by atoms with Gasteiger partial charge < -0.3 is 20.0 Å². The standard InChI is InChI=1S/C20H24ClN3O3/c1-23-10-11-24-15(22-18(26)17(25)16(24)19(23)27)12-20(8-2-3-9-20)13-4-6-14(21)7-5-13/h4-7,18,25-26H,2-3,8-12H2,1H3. The summed E-state index contributed by atoms with van der Waals surface area (Å²) in [7, 11) is 1.70. The fourth-order valence-corrected chi connectivity index (χ4v) is 4.65. The summed E-state index contributed by atoms with van der Waals surface area (Å²) in [5.41, 5.74) is 1.28. The number of benzene rings is 1. The maximum atomic E-state index is 12.6. The van der Waals surface area contributed by atoms with Gasteiger partial charge in [0.25, 0.3) is 5.91 Å². The SMILES string of the molecule is CN1CCN2C(CC3(c4ccc(Cl)cc4)CCCC3)=NC(O)C(O)=C2C1=O. The molecule has 4 rings (SSSR count). The average molecular weight is 390 g/mol. The van der Waals surface area contributed by atoms with Crippen LogP contribution < -0.4 is 0 Å². The number of fused-ring (bicyclic) bond motifs is 1. The minimum Gasteiger partial charge on any atom is -0.506 e. The third-order valence-electron chi connectivity index (χ3n) is 6.06.